The van der Waals surface area contributed by atoms with Crippen LogP contribution >= 0.6 is 27.3 Å². The first kappa shape index (κ1) is 13.2. The first-order valence-corrected chi connectivity index (χ1v) is 7.51. The van der Waals surface area contributed by atoms with E-state index in [4.69, 9.17) is 4.74 Å². The summed E-state index contributed by atoms with van der Waals surface area (Å²) in [6, 6.07) is 9.54. The van der Waals surface area contributed by atoms with Crippen LogP contribution in [0.5, 0.6) is 0 Å². The normalized spacial score (nSPS) is 10.7. The zero-order valence-corrected chi connectivity index (χ0v) is 12.6. The molecule has 0 radical (unpaired) electrons. The summed E-state index contributed by atoms with van der Waals surface area (Å²) in [5.74, 6) is -0.435. The van der Waals surface area contributed by atoms with Gasteiger partial charge in [0.15, 0.2) is 5.69 Å². The van der Waals surface area contributed by atoms with Crippen LogP contribution in [0, 0.1) is 0 Å². The van der Waals surface area contributed by atoms with Gasteiger partial charge >= 0.3 is 5.97 Å². The van der Waals surface area contributed by atoms with Crippen molar-refractivity contribution >= 4 is 43.5 Å². The Morgan fingerprint density at radius 2 is 2.05 bits per heavy atom. The van der Waals surface area contributed by atoms with E-state index in [-0.39, 0.29) is 6.61 Å². The minimum atomic E-state index is -0.435. The molecule has 3 rings (SSSR count). The van der Waals surface area contributed by atoms with Gasteiger partial charge in [0, 0.05) is 5.38 Å². The van der Waals surface area contributed by atoms with Gasteiger partial charge in [-0.25, -0.2) is 14.8 Å². The minimum Gasteiger partial charge on any atom is -0.456 e. The first-order valence-electron chi connectivity index (χ1n) is 5.84. The van der Waals surface area contributed by atoms with Crippen LogP contribution in [0.1, 0.15) is 16.1 Å². The minimum absolute atomic E-state index is 0.234. The van der Waals surface area contributed by atoms with Crippen molar-refractivity contribution in [1.29, 1.82) is 0 Å². The van der Waals surface area contributed by atoms with Crippen molar-refractivity contribution in [3.8, 4) is 0 Å². The average molecular weight is 349 g/mol. The van der Waals surface area contributed by atoms with Crippen molar-refractivity contribution in [2.75, 3.05) is 0 Å². The third kappa shape index (κ3) is 2.57. The molecule has 1 aromatic carbocycles. The van der Waals surface area contributed by atoms with Crippen molar-refractivity contribution in [3.63, 3.8) is 0 Å². The number of esters is 1. The Hall–Kier alpha value is -1.79. The Bertz CT molecular complexity index is 758. The average Bonchev–Trinajstić information content (AvgIpc) is 2.87. The molecular weight excluding hydrogens is 340 g/mol. The van der Waals surface area contributed by atoms with Gasteiger partial charge in [-0.2, -0.15) is 0 Å². The van der Waals surface area contributed by atoms with Gasteiger partial charge in [-0.05, 0) is 21.5 Å². The zero-order chi connectivity index (χ0) is 13.9. The molecule has 0 saturated heterocycles. The van der Waals surface area contributed by atoms with Gasteiger partial charge in [0.2, 0.25) is 0 Å². The quantitative estimate of drug-likeness (QED) is 0.675. The van der Waals surface area contributed by atoms with E-state index >= 15 is 0 Å². The van der Waals surface area contributed by atoms with E-state index in [1.54, 1.807) is 0 Å². The molecule has 0 aliphatic carbocycles. The van der Waals surface area contributed by atoms with Crippen molar-refractivity contribution in [3.05, 3.63) is 57.8 Å². The number of carbonyl (C=O) groups excluding carboxylic acids is 1. The van der Waals surface area contributed by atoms with E-state index in [0.717, 1.165) is 20.3 Å². The summed E-state index contributed by atoms with van der Waals surface area (Å²) in [4.78, 5) is 20.3. The highest BCUT2D eigenvalue weighted by Crippen LogP contribution is 2.30. The number of hydrogen-bond donors (Lipinski definition) is 0. The van der Waals surface area contributed by atoms with Crippen LogP contribution in [0.4, 0.5) is 0 Å². The second kappa shape index (κ2) is 5.68. The van der Waals surface area contributed by atoms with Gasteiger partial charge < -0.3 is 4.74 Å². The summed E-state index contributed by atoms with van der Waals surface area (Å²) in [6.07, 6.45) is 1.37. The Morgan fingerprint density at radius 1 is 1.25 bits per heavy atom. The molecule has 3 aromatic rings. The number of thiophene rings is 1. The molecule has 0 N–H and O–H groups in total. The van der Waals surface area contributed by atoms with Crippen molar-refractivity contribution < 1.29 is 9.53 Å². The number of rotatable bonds is 3. The summed E-state index contributed by atoms with van der Waals surface area (Å²) < 4.78 is 6.89. The topological polar surface area (TPSA) is 52.1 Å². The molecule has 100 valence electrons. The monoisotopic (exact) mass is 348 g/mol. The Labute approximate surface area is 127 Å². The lowest BCUT2D eigenvalue weighted by atomic mass is 10.2. The van der Waals surface area contributed by atoms with Crippen LogP contribution in [0.15, 0.2) is 46.5 Å². The molecule has 2 heterocycles. The molecule has 0 spiro atoms. The summed E-state index contributed by atoms with van der Waals surface area (Å²) in [5.41, 5.74) is 1.98. The van der Waals surface area contributed by atoms with Gasteiger partial charge in [-0.3, -0.25) is 0 Å². The van der Waals surface area contributed by atoms with Crippen LogP contribution in [-0.2, 0) is 11.3 Å². The molecule has 6 heteroatoms. The lowest BCUT2D eigenvalue weighted by Gasteiger charge is -2.04. The predicted octanol–water partition coefficient (Wildman–Crippen LogP) is 3.81. The second-order valence-electron chi connectivity index (χ2n) is 4.05. The molecule has 0 amide bonds. The lowest BCUT2D eigenvalue weighted by Crippen LogP contribution is -2.07. The maximum Gasteiger partial charge on any atom is 0.358 e. The Kier molecular flexibility index (Phi) is 3.75. The number of aromatic nitrogens is 2. The van der Waals surface area contributed by atoms with Crippen molar-refractivity contribution in [1.82, 2.24) is 9.97 Å². The third-order valence-corrected chi connectivity index (χ3v) is 4.60. The van der Waals surface area contributed by atoms with Crippen LogP contribution in [0.25, 0.3) is 10.2 Å². The van der Waals surface area contributed by atoms with Crippen molar-refractivity contribution in [2.24, 2.45) is 0 Å². The van der Waals surface area contributed by atoms with E-state index < -0.39 is 5.97 Å². The molecule has 2 aromatic heterocycles. The fourth-order valence-electron chi connectivity index (χ4n) is 1.76. The van der Waals surface area contributed by atoms with Crippen molar-refractivity contribution in [2.45, 2.75) is 6.61 Å². The summed E-state index contributed by atoms with van der Waals surface area (Å²) in [7, 11) is 0. The van der Waals surface area contributed by atoms with Crippen LogP contribution in [0.3, 0.4) is 0 Å². The molecule has 20 heavy (non-hydrogen) atoms. The van der Waals surface area contributed by atoms with Gasteiger partial charge in [0.1, 0.15) is 12.9 Å². The maximum absolute atomic E-state index is 12.1. The number of fused-ring (bicyclic) bond motifs is 1. The molecule has 0 aliphatic rings. The fraction of sp³-hybridized carbons (Fsp3) is 0.0714. The summed E-state index contributed by atoms with van der Waals surface area (Å²) in [5, 5.41) is 1.88. The molecule has 0 aliphatic heterocycles. The van der Waals surface area contributed by atoms with E-state index in [1.807, 2.05) is 35.7 Å². The number of hydrogen-bond acceptors (Lipinski definition) is 5. The molecule has 0 fully saturated rings. The van der Waals surface area contributed by atoms with Gasteiger partial charge in [0.05, 0.1) is 14.7 Å². The standard InChI is InChI=1S/C14H9BrN2O2S/c15-10-7-20-13-11(10)16-8-17-12(13)14(18)19-6-9-4-2-1-3-5-9/h1-5,7-8H,6H2. The zero-order valence-electron chi connectivity index (χ0n) is 10.2. The highest BCUT2D eigenvalue weighted by atomic mass is 79.9. The third-order valence-electron chi connectivity index (χ3n) is 2.72. The predicted molar refractivity (Wildman–Crippen MR) is 80.7 cm³/mol. The van der Waals surface area contributed by atoms with Crippen LogP contribution in [-0.4, -0.2) is 15.9 Å². The highest BCUT2D eigenvalue weighted by molar-refractivity contribution is 9.10. The Morgan fingerprint density at radius 3 is 2.85 bits per heavy atom. The number of halogens is 1. The Balaban J connectivity index is 1.82. The van der Waals surface area contributed by atoms with Gasteiger partial charge in [-0.15, -0.1) is 11.3 Å². The van der Waals surface area contributed by atoms with Crippen LogP contribution in [0.2, 0.25) is 0 Å². The number of ether oxygens (including phenoxy) is 1. The molecule has 4 nitrogen and oxygen atoms in total. The molecular formula is C14H9BrN2O2S. The largest absolute Gasteiger partial charge is 0.456 e. The van der Waals surface area contributed by atoms with E-state index in [9.17, 15) is 4.79 Å². The second-order valence-corrected chi connectivity index (χ2v) is 5.78. The van der Waals surface area contributed by atoms with Gasteiger partial charge in [-0.1, -0.05) is 30.3 Å². The number of carbonyl (C=O) groups is 1. The first-order chi connectivity index (χ1) is 9.75. The maximum atomic E-state index is 12.1. The van der Waals surface area contributed by atoms with Crippen LogP contribution < -0.4 is 0 Å². The van der Waals surface area contributed by atoms with E-state index in [0.29, 0.717) is 5.69 Å². The molecule has 0 atom stereocenters. The molecule has 0 unspecified atom stereocenters. The highest BCUT2D eigenvalue weighted by Gasteiger charge is 2.16. The smallest absolute Gasteiger partial charge is 0.358 e. The SMILES string of the molecule is O=C(OCc1ccccc1)c1ncnc2c(Br)csc12. The van der Waals surface area contributed by atoms with E-state index in [2.05, 4.69) is 25.9 Å². The van der Waals surface area contributed by atoms with E-state index in [1.165, 1.54) is 17.7 Å². The summed E-state index contributed by atoms with van der Waals surface area (Å²) >= 11 is 4.81. The fourth-order valence-corrected chi connectivity index (χ4v) is 3.33. The molecule has 0 bridgehead atoms. The summed E-state index contributed by atoms with van der Waals surface area (Å²) in [6.45, 7) is 0.234. The van der Waals surface area contributed by atoms with Gasteiger partial charge in [0.25, 0.3) is 0 Å². The molecule has 0 saturated carbocycles. The number of benzene rings is 1. The number of nitrogens with zero attached hydrogens (tertiary/aromatic N) is 2. The lowest BCUT2D eigenvalue weighted by molar-refractivity contribution is 0.0468.